The molecule has 1 saturated carbocycles. The van der Waals surface area contributed by atoms with Crippen molar-refractivity contribution >= 4 is 23.1 Å². The molecular weight excluding hydrogens is 420 g/mol. The second-order valence-electron chi connectivity index (χ2n) is 10.9. The highest BCUT2D eigenvalue weighted by atomic mass is 16.6. The summed E-state index contributed by atoms with van der Waals surface area (Å²) in [6, 6.07) is 1.97. The third-order valence-corrected chi connectivity index (χ3v) is 6.40. The predicted molar refractivity (Wildman–Crippen MR) is 125 cm³/mol. The van der Waals surface area contributed by atoms with Gasteiger partial charge in [0.1, 0.15) is 5.60 Å². The molecule has 8 heteroatoms. The van der Waals surface area contributed by atoms with Gasteiger partial charge in [0.25, 0.3) is 11.6 Å². The number of rotatable bonds is 5. The van der Waals surface area contributed by atoms with Crippen LogP contribution in [0.3, 0.4) is 0 Å². The van der Waals surface area contributed by atoms with Crippen molar-refractivity contribution in [1.82, 2.24) is 19.9 Å². The van der Waals surface area contributed by atoms with E-state index >= 15 is 0 Å². The standard InChI is InChI=1S/C25H36N4O4/c1-15(2)21-20-18(13-19(17-7-8-17)26-22(20)33-27-21)23(30)29-11-9-16(10-12-29)14-28(6)24(31)32-25(3,4)5/h13,15-17H,7-12,14H2,1-6H3. The Hall–Kier alpha value is -2.64. The van der Waals surface area contributed by atoms with E-state index in [-0.39, 0.29) is 17.9 Å². The number of fused-ring (bicyclic) bond motifs is 1. The summed E-state index contributed by atoms with van der Waals surface area (Å²) >= 11 is 0. The maximum Gasteiger partial charge on any atom is 0.410 e. The smallest absolute Gasteiger partial charge is 0.410 e. The molecular formula is C25H36N4O4. The van der Waals surface area contributed by atoms with E-state index in [1.54, 1.807) is 11.9 Å². The van der Waals surface area contributed by atoms with Crippen LogP contribution in [-0.2, 0) is 4.74 Å². The van der Waals surface area contributed by atoms with E-state index < -0.39 is 5.60 Å². The number of pyridine rings is 1. The van der Waals surface area contributed by atoms with E-state index in [0.717, 1.165) is 42.5 Å². The van der Waals surface area contributed by atoms with Crippen LogP contribution in [0.25, 0.3) is 11.1 Å². The second-order valence-corrected chi connectivity index (χ2v) is 10.9. The van der Waals surface area contributed by atoms with E-state index in [1.807, 2.05) is 45.6 Å². The van der Waals surface area contributed by atoms with Gasteiger partial charge in [0, 0.05) is 38.3 Å². The van der Waals surface area contributed by atoms with Crippen LogP contribution in [0, 0.1) is 5.92 Å². The molecule has 2 amide bonds. The SMILES string of the molecule is CC(C)c1noc2nc(C3CC3)cc(C(=O)N3CCC(CN(C)C(=O)OC(C)(C)C)CC3)c12. The van der Waals surface area contributed by atoms with Gasteiger partial charge in [-0.05, 0) is 64.4 Å². The van der Waals surface area contributed by atoms with Crippen molar-refractivity contribution in [2.45, 2.75) is 77.7 Å². The molecule has 1 aliphatic heterocycles. The van der Waals surface area contributed by atoms with Crippen LogP contribution in [0.15, 0.2) is 10.6 Å². The molecule has 33 heavy (non-hydrogen) atoms. The number of carbonyl (C=O) groups is 2. The molecule has 180 valence electrons. The quantitative estimate of drug-likeness (QED) is 0.633. The molecule has 0 radical (unpaired) electrons. The molecule has 3 heterocycles. The fourth-order valence-electron chi connectivity index (χ4n) is 4.43. The summed E-state index contributed by atoms with van der Waals surface area (Å²) in [7, 11) is 1.78. The Labute approximate surface area is 195 Å². The van der Waals surface area contributed by atoms with Gasteiger partial charge in [0.05, 0.1) is 16.6 Å². The summed E-state index contributed by atoms with van der Waals surface area (Å²) < 4.78 is 11.0. The van der Waals surface area contributed by atoms with Gasteiger partial charge in [0.15, 0.2) is 0 Å². The first-order valence-electron chi connectivity index (χ1n) is 12.1. The summed E-state index contributed by atoms with van der Waals surface area (Å²) in [6.07, 6.45) is 3.61. The molecule has 0 aromatic carbocycles. The monoisotopic (exact) mass is 456 g/mol. The van der Waals surface area contributed by atoms with Gasteiger partial charge in [-0.3, -0.25) is 4.79 Å². The Morgan fingerprint density at radius 2 is 1.88 bits per heavy atom. The van der Waals surface area contributed by atoms with Crippen molar-refractivity contribution in [3.05, 3.63) is 23.0 Å². The molecule has 1 saturated heterocycles. The fraction of sp³-hybridized carbons (Fsp3) is 0.680. The van der Waals surface area contributed by atoms with Gasteiger partial charge in [-0.25, -0.2) is 9.78 Å². The molecule has 2 fully saturated rings. The van der Waals surface area contributed by atoms with Gasteiger partial charge in [0.2, 0.25) is 0 Å². The third-order valence-electron chi connectivity index (χ3n) is 6.40. The molecule has 2 aliphatic rings. The lowest BCUT2D eigenvalue weighted by molar-refractivity contribution is 0.0246. The van der Waals surface area contributed by atoms with Crippen molar-refractivity contribution in [3.63, 3.8) is 0 Å². The topological polar surface area (TPSA) is 88.8 Å². The van der Waals surface area contributed by atoms with Crippen LogP contribution in [0.4, 0.5) is 4.79 Å². The number of piperidine rings is 1. The number of hydrogen-bond donors (Lipinski definition) is 0. The minimum absolute atomic E-state index is 0.0216. The van der Waals surface area contributed by atoms with Crippen LogP contribution in [0.2, 0.25) is 0 Å². The maximum atomic E-state index is 13.6. The highest BCUT2D eigenvalue weighted by Gasteiger charge is 2.32. The molecule has 0 bridgehead atoms. The Morgan fingerprint density at radius 1 is 1.21 bits per heavy atom. The molecule has 0 N–H and O–H groups in total. The lowest BCUT2D eigenvalue weighted by atomic mass is 9.95. The van der Waals surface area contributed by atoms with Gasteiger partial charge in [-0.2, -0.15) is 0 Å². The molecule has 1 aliphatic carbocycles. The minimum Gasteiger partial charge on any atom is -0.444 e. The Morgan fingerprint density at radius 3 is 2.45 bits per heavy atom. The van der Waals surface area contributed by atoms with E-state index in [9.17, 15) is 9.59 Å². The lowest BCUT2D eigenvalue weighted by Crippen LogP contribution is -2.43. The molecule has 2 aromatic heterocycles. The van der Waals surface area contributed by atoms with E-state index in [1.165, 1.54) is 0 Å². The Kier molecular flexibility index (Phi) is 6.38. The van der Waals surface area contributed by atoms with Crippen LogP contribution in [-0.4, -0.2) is 64.2 Å². The summed E-state index contributed by atoms with van der Waals surface area (Å²) in [4.78, 5) is 34.1. The molecule has 8 nitrogen and oxygen atoms in total. The summed E-state index contributed by atoms with van der Waals surface area (Å²) in [5.41, 5.74) is 2.35. The number of carbonyl (C=O) groups excluding carboxylic acids is 2. The highest BCUT2D eigenvalue weighted by Crippen LogP contribution is 2.41. The van der Waals surface area contributed by atoms with Crippen molar-refractivity contribution in [2.75, 3.05) is 26.7 Å². The van der Waals surface area contributed by atoms with Crippen LogP contribution in [0.1, 0.15) is 93.9 Å². The predicted octanol–water partition coefficient (Wildman–Crippen LogP) is 4.94. The van der Waals surface area contributed by atoms with Crippen molar-refractivity contribution in [1.29, 1.82) is 0 Å². The van der Waals surface area contributed by atoms with Gasteiger partial charge in [-0.1, -0.05) is 19.0 Å². The summed E-state index contributed by atoms with van der Waals surface area (Å²) in [5.74, 6) is 0.921. The van der Waals surface area contributed by atoms with Gasteiger partial charge >= 0.3 is 6.09 Å². The zero-order chi connectivity index (χ0) is 23.9. The molecule has 2 aromatic rings. The normalized spacial score (nSPS) is 17.6. The zero-order valence-corrected chi connectivity index (χ0v) is 20.7. The first kappa shape index (κ1) is 23.5. The Balaban J connectivity index is 1.46. The summed E-state index contributed by atoms with van der Waals surface area (Å²) in [6.45, 7) is 11.7. The van der Waals surface area contributed by atoms with Crippen molar-refractivity contribution in [3.8, 4) is 0 Å². The number of likely N-dealkylation sites (tertiary alicyclic amines) is 1. The molecule has 0 unspecified atom stereocenters. The average Bonchev–Trinajstić information content (AvgIpc) is 3.50. The Bertz CT molecular complexity index is 1030. The molecule has 0 spiro atoms. The fourth-order valence-corrected chi connectivity index (χ4v) is 4.43. The van der Waals surface area contributed by atoms with Crippen molar-refractivity contribution in [2.24, 2.45) is 5.92 Å². The first-order chi connectivity index (χ1) is 15.5. The van der Waals surface area contributed by atoms with E-state index in [2.05, 4.69) is 10.1 Å². The maximum absolute atomic E-state index is 13.6. The van der Waals surface area contributed by atoms with Crippen molar-refractivity contribution < 1.29 is 18.8 Å². The minimum atomic E-state index is -0.507. The van der Waals surface area contributed by atoms with Gasteiger partial charge in [-0.15, -0.1) is 0 Å². The number of nitrogens with zero attached hydrogens (tertiary/aromatic N) is 4. The highest BCUT2D eigenvalue weighted by molar-refractivity contribution is 6.06. The number of ether oxygens (including phenoxy) is 1. The van der Waals surface area contributed by atoms with Crippen LogP contribution in [0.5, 0.6) is 0 Å². The zero-order valence-electron chi connectivity index (χ0n) is 20.7. The number of amides is 2. The first-order valence-corrected chi connectivity index (χ1v) is 12.1. The summed E-state index contributed by atoms with van der Waals surface area (Å²) in [5, 5.41) is 4.99. The van der Waals surface area contributed by atoms with E-state index in [0.29, 0.717) is 42.7 Å². The number of hydrogen-bond acceptors (Lipinski definition) is 6. The lowest BCUT2D eigenvalue weighted by Gasteiger charge is -2.34. The van der Waals surface area contributed by atoms with Crippen LogP contribution >= 0.6 is 0 Å². The third kappa shape index (κ3) is 5.31. The van der Waals surface area contributed by atoms with E-state index in [4.69, 9.17) is 9.26 Å². The molecule has 4 rings (SSSR count). The van der Waals surface area contributed by atoms with Crippen LogP contribution < -0.4 is 0 Å². The largest absolute Gasteiger partial charge is 0.444 e. The molecule has 0 atom stereocenters. The van der Waals surface area contributed by atoms with Gasteiger partial charge < -0.3 is 19.1 Å². The second kappa shape index (κ2) is 8.95. The number of aromatic nitrogens is 2. The average molecular weight is 457 g/mol.